The summed E-state index contributed by atoms with van der Waals surface area (Å²) in [5, 5.41) is 17.6. The van der Waals surface area contributed by atoms with E-state index in [1.54, 1.807) is 7.11 Å². The predicted octanol–water partition coefficient (Wildman–Crippen LogP) is -0.124. The summed E-state index contributed by atoms with van der Waals surface area (Å²) in [5.41, 5.74) is 6.44. The summed E-state index contributed by atoms with van der Waals surface area (Å²) in [4.78, 5) is 0. The van der Waals surface area contributed by atoms with Crippen molar-refractivity contribution >= 4 is 0 Å². The van der Waals surface area contributed by atoms with Crippen LogP contribution < -0.4 is 10.5 Å². The molecule has 0 radical (unpaired) electrons. The van der Waals surface area contributed by atoms with E-state index in [1.165, 1.54) is 0 Å². The number of rotatable bonds is 4. The van der Waals surface area contributed by atoms with Crippen LogP contribution >= 0.6 is 0 Å². The van der Waals surface area contributed by atoms with Gasteiger partial charge in [-0.3, -0.25) is 0 Å². The van der Waals surface area contributed by atoms with Crippen LogP contribution in [0.3, 0.4) is 0 Å². The van der Waals surface area contributed by atoms with Gasteiger partial charge < -0.3 is 20.7 Å². The number of hydrogen-bond acceptors (Lipinski definition) is 4. The Kier molecular flexibility index (Phi) is 3.88. The van der Waals surface area contributed by atoms with Crippen molar-refractivity contribution < 1.29 is 14.9 Å². The Labute approximate surface area is 82.9 Å². The molecule has 1 rings (SSSR count). The van der Waals surface area contributed by atoms with E-state index in [4.69, 9.17) is 20.7 Å². The highest BCUT2D eigenvalue weighted by atomic mass is 16.5. The van der Waals surface area contributed by atoms with Gasteiger partial charge in [0.2, 0.25) is 0 Å². The van der Waals surface area contributed by atoms with Crippen molar-refractivity contribution in [3.05, 3.63) is 29.8 Å². The minimum atomic E-state index is -1.47. The molecule has 1 aromatic rings. The zero-order valence-electron chi connectivity index (χ0n) is 8.05. The van der Waals surface area contributed by atoms with Crippen LogP contribution in [0.15, 0.2) is 24.3 Å². The van der Waals surface area contributed by atoms with Crippen LogP contribution in [0, 0.1) is 0 Å². The third kappa shape index (κ3) is 2.99. The molecule has 0 spiro atoms. The minimum Gasteiger partial charge on any atom is -0.497 e. The highest BCUT2D eigenvalue weighted by Gasteiger charge is 2.11. The quantitative estimate of drug-likeness (QED) is 0.588. The fourth-order valence-electron chi connectivity index (χ4n) is 1.14. The van der Waals surface area contributed by atoms with Gasteiger partial charge in [-0.15, -0.1) is 0 Å². The van der Waals surface area contributed by atoms with Crippen LogP contribution in [-0.4, -0.2) is 29.7 Å². The number of ether oxygens (including phenoxy) is 1. The molecular weight excluding hydrogens is 182 g/mol. The molecule has 14 heavy (non-hydrogen) atoms. The maximum atomic E-state index is 8.79. The zero-order chi connectivity index (χ0) is 10.6. The molecule has 4 heteroatoms. The van der Waals surface area contributed by atoms with Crippen molar-refractivity contribution in [1.82, 2.24) is 0 Å². The molecule has 0 saturated heterocycles. The Morgan fingerprint density at radius 2 is 1.86 bits per heavy atom. The largest absolute Gasteiger partial charge is 0.497 e. The van der Waals surface area contributed by atoms with Crippen LogP contribution in [-0.2, 0) is 6.42 Å². The molecule has 0 fully saturated rings. The number of benzene rings is 1. The lowest BCUT2D eigenvalue weighted by molar-refractivity contribution is -0.0577. The standard InChI is InChI=1S/C10H15NO3/c1-14-8-4-2-7(3-5-8)6-9(11)10(12)13/h2-5,9-10,12-13H,6,11H2,1H3/t9-/m0/s1. The van der Waals surface area contributed by atoms with Crippen LogP contribution in [0.5, 0.6) is 5.75 Å². The second-order valence-corrected chi connectivity index (χ2v) is 3.13. The monoisotopic (exact) mass is 197 g/mol. The van der Waals surface area contributed by atoms with E-state index in [-0.39, 0.29) is 0 Å². The molecule has 4 N–H and O–H groups in total. The summed E-state index contributed by atoms with van der Waals surface area (Å²) in [6, 6.07) is 6.67. The number of methoxy groups -OCH3 is 1. The van der Waals surface area contributed by atoms with Crippen molar-refractivity contribution in [2.75, 3.05) is 7.11 Å². The number of nitrogens with two attached hydrogens (primary N) is 1. The average molecular weight is 197 g/mol. The van der Waals surface area contributed by atoms with Crippen molar-refractivity contribution in [1.29, 1.82) is 0 Å². The molecular formula is C10H15NO3. The van der Waals surface area contributed by atoms with Gasteiger partial charge >= 0.3 is 0 Å². The van der Waals surface area contributed by atoms with E-state index >= 15 is 0 Å². The molecule has 1 aromatic carbocycles. The lowest BCUT2D eigenvalue weighted by atomic mass is 10.1. The highest BCUT2D eigenvalue weighted by molar-refractivity contribution is 5.27. The van der Waals surface area contributed by atoms with Gasteiger partial charge in [0.1, 0.15) is 5.75 Å². The van der Waals surface area contributed by atoms with Gasteiger partial charge in [-0.25, -0.2) is 0 Å². The molecule has 0 aliphatic heterocycles. The summed E-state index contributed by atoms with van der Waals surface area (Å²) in [5.74, 6) is 0.770. The summed E-state index contributed by atoms with van der Waals surface area (Å²) < 4.78 is 4.99. The fourth-order valence-corrected chi connectivity index (χ4v) is 1.14. The Hall–Kier alpha value is -1.10. The smallest absolute Gasteiger partial charge is 0.167 e. The van der Waals surface area contributed by atoms with E-state index in [0.29, 0.717) is 6.42 Å². The summed E-state index contributed by atoms with van der Waals surface area (Å²) >= 11 is 0. The normalized spacial score (nSPS) is 12.9. The molecule has 0 bridgehead atoms. The maximum Gasteiger partial charge on any atom is 0.167 e. The maximum absolute atomic E-state index is 8.79. The topological polar surface area (TPSA) is 75.7 Å². The predicted molar refractivity (Wildman–Crippen MR) is 52.9 cm³/mol. The van der Waals surface area contributed by atoms with Gasteiger partial charge in [0.05, 0.1) is 13.2 Å². The summed E-state index contributed by atoms with van der Waals surface area (Å²) in [7, 11) is 1.60. The molecule has 0 aliphatic carbocycles. The van der Waals surface area contributed by atoms with E-state index in [1.807, 2.05) is 24.3 Å². The third-order valence-electron chi connectivity index (χ3n) is 2.01. The van der Waals surface area contributed by atoms with Crippen molar-refractivity contribution in [3.63, 3.8) is 0 Å². The van der Waals surface area contributed by atoms with Crippen molar-refractivity contribution in [3.8, 4) is 5.75 Å². The molecule has 0 unspecified atom stereocenters. The highest BCUT2D eigenvalue weighted by Crippen LogP contribution is 2.12. The summed E-state index contributed by atoms with van der Waals surface area (Å²) in [6.45, 7) is 0. The molecule has 1 atom stereocenters. The lowest BCUT2D eigenvalue weighted by Crippen LogP contribution is -2.36. The summed E-state index contributed by atoms with van der Waals surface area (Å²) in [6.07, 6.45) is -1.04. The van der Waals surface area contributed by atoms with Gasteiger partial charge in [0, 0.05) is 0 Å². The molecule has 4 nitrogen and oxygen atoms in total. The third-order valence-corrected chi connectivity index (χ3v) is 2.01. The number of aliphatic hydroxyl groups is 2. The first kappa shape index (κ1) is 11.0. The molecule has 0 heterocycles. The minimum absolute atomic E-state index is 0.432. The molecule has 0 aromatic heterocycles. The van der Waals surface area contributed by atoms with E-state index < -0.39 is 12.3 Å². The second kappa shape index (κ2) is 4.95. The van der Waals surface area contributed by atoms with E-state index in [2.05, 4.69) is 0 Å². The van der Waals surface area contributed by atoms with Gasteiger partial charge in [-0.1, -0.05) is 12.1 Å². The Balaban J connectivity index is 2.59. The zero-order valence-corrected chi connectivity index (χ0v) is 8.05. The van der Waals surface area contributed by atoms with Gasteiger partial charge in [-0.05, 0) is 24.1 Å². The first-order chi connectivity index (χ1) is 6.63. The average Bonchev–Trinajstić information content (AvgIpc) is 2.19. The van der Waals surface area contributed by atoms with Gasteiger partial charge in [0.25, 0.3) is 0 Å². The Morgan fingerprint density at radius 3 is 2.29 bits per heavy atom. The van der Waals surface area contributed by atoms with Crippen molar-refractivity contribution in [2.24, 2.45) is 5.73 Å². The van der Waals surface area contributed by atoms with Crippen LogP contribution in [0.2, 0.25) is 0 Å². The van der Waals surface area contributed by atoms with Crippen molar-refractivity contribution in [2.45, 2.75) is 18.8 Å². The van der Waals surface area contributed by atoms with Crippen LogP contribution in [0.1, 0.15) is 5.56 Å². The molecule has 0 saturated carbocycles. The molecule has 0 amide bonds. The Morgan fingerprint density at radius 1 is 1.29 bits per heavy atom. The number of aliphatic hydroxyl groups excluding tert-OH is 1. The molecule has 0 aliphatic rings. The first-order valence-electron chi connectivity index (χ1n) is 4.38. The van der Waals surface area contributed by atoms with Crippen LogP contribution in [0.25, 0.3) is 0 Å². The lowest BCUT2D eigenvalue weighted by Gasteiger charge is -2.13. The van der Waals surface area contributed by atoms with Crippen LogP contribution in [0.4, 0.5) is 0 Å². The van der Waals surface area contributed by atoms with E-state index in [9.17, 15) is 0 Å². The number of hydrogen-bond donors (Lipinski definition) is 3. The second-order valence-electron chi connectivity index (χ2n) is 3.13. The Bertz CT molecular complexity index is 271. The van der Waals surface area contributed by atoms with Gasteiger partial charge in [-0.2, -0.15) is 0 Å². The van der Waals surface area contributed by atoms with E-state index in [0.717, 1.165) is 11.3 Å². The molecule has 78 valence electrons. The SMILES string of the molecule is COc1ccc(C[C@H](N)C(O)O)cc1. The van der Waals surface area contributed by atoms with Gasteiger partial charge in [0.15, 0.2) is 6.29 Å². The fraction of sp³-hybridized carbons (Fsp3) is 0.400. The first-order valence-corrected chi connectivity index (χ1v) is 4.38.